The smallest absolute Gasteiger partial charge is 0.223 e. The predicted octanol–water partition coefficient (Wildman–Crippen LogP) is 3.26. The van der Waals surface area contributed by atoms with E-state index < -0.39 is 0 Å². The molecule has 2 amide bonds. The first kappa shape index (κ1) is 18.9. The number of hydrogen-bond acceptors (Lipinski definition) is 3. The summed E-state index contributed by atoms with van der Waals surface area (Å²) in [4.78, 5) is 28.7. The number of hydrogen-bond donors (Lipinski definition) is 2. The fourth-order valence-corrected chi connectivity index (χ4v) is 4.29. The molecule has 0 saturated heterocycles. The Labute approximate surface area is 156 Å². The van der Waals surface area contributed by atoms with Crippen LogP contribution >= 0.6 is 0 Å². The lowest BCUT2D eigenvalue weighted by molar-refractivity contribution is -0.126. The van der Waals surface area contributed by atoms with Gasteiger partial charge in [0, 0.05) is 37.3 Å². The number of aromatic nitrogens is 1. The van der Waals surface area contributed by atoms with Gasteiger partial charge in [-0.15, -0.1) is 0 Å². The van der Waals surface area contributed by atoms with Crippen molar-refractivity contribution in [2.24, 2.45) is 11.8 Å². The molecule has 2 saturated carbocycles. The van der Waals surface area contributed by atoms with E-state index in [1.165, 1.54) is 25.7 Å². The van der Waals surface area contributed by atoms with Gasteiger partial charge in [-0.3, -0.25) is 14.6 Å². The van der Waals surface area contributed by atoms with Crippen LogP contribution < -0.4 is 10.6 Å². The first-order valence-electron chi connectivity index (χ1n) is 10.1. The fraction of sp³-hybridized carbons (Fsp3) is 0.667. The van der Waals surface area contributed by atoms with Crippen molar-refractivity contribution in [3.8, 4) is 0 Å². The number of nitrogens with one attached hydrogen (secondary N) is 2. The Hall–Kier alpha value is -1.91. The van der Waals surface area contributed by atoms with Gasteiger partial charge in [0.05, 0.1) is 0 Å². The average Bonchev–Trinajstić information content (AvgIpc) is 3.14. The molecular weight excluding hydrogens is 326 g/mol. The Balaban J connectivity index is 1.36. The van der Waals surface area contributed by atoms with Crippen molar-refractivity contribution in [2.75, 3.05) is 0 Å². The molecule has 0 spiro atoms. The third-order valence-corrected chi connectivity index (χ3v) is 6.00. The Bertz CT molecular complexity index is 617. The molecule has 1 aromatic heterocycles. The van der Waals surface area contributed by atoms with E-state index in [-0.39, 0.29) is 23.8 Å². The molecule has 3 rings (SSSR count). The second-order valence-corrected chi connectivity index (χ2v) is 7.99. The van der Waals surface area contributed by atoms with Crippen molar-refractivity contribution in [1.82, 2.24) is 15.6 Å². The zero-order chi connectivity index (χ0) is 18.4. The summed E-state index contributed by atoms with van der Waals surface area (Å²) in [6.07, 6.45) is 12.8. The Kier molecular flexibility index (Phi) is 6.64. The molecule has 1 heterocycles. The molecule has 1 aromatic rings. The Morgan fingerprint density at radius 1 is 1.12 bits per heavy atom. The van der Waals surface area contributed by atoms with E-state index in [4.69, 9.17) is 0 Å². The Morgan fingerprint density at radius 3 is 2.54 bits per heavy atom. The van der Waals surface area contributed by atoms with Crippen molar-refractivity contribution in [1.29, 1.82) is 0 Å². The molecule has 2 N–H and O–H groups in total. The molecule has 0 unspecified atom stereocenters. The van der Waals surface area contributed by atoms with Crippen LogP contribution in [-0.4, -0.2) is 22.8 Å². The van der Waals surface area contributed by atoms with Crippen molar-refractivity contribution in [3.05, 3.63) is 29.6 Å². The van der Waals surface area contributed by atoms with Crippen molar-refractivity contribution in [2.45, 2.75) is 77.3 Å². The first-order valence-corrected chi connectivity index (χ1v) is 10.1. The highest BCUT2D eigenvalue weighted by molar-refractivity contribution is 5.79. The van der Waals surface area contributed by atoms with Crippen LogP contribution in [0.15, 0.2) is 18.5 Å². The van der Waals surface area contributed by atoms with Crippen LogP contribution in [0, 0.1) is 18.8 Å². The summed E-state index contributed by atoms with van der Waals surface area (Å²) >= 11 is 0. The molecule has 0 radical (unpaired) electrons. The maximum atomic E-state index is 12.4. The quantitative estimate of drug-likeness (QED) is 0.821. The van der Waals surface area contributed by atoms with Crippen molar-refractivity contribution >= 4 is 11.8 Å². The molecule has 142 valence electrons. The molecule has 0 bridgehead atoms. The van der Waals surface area contributed by atoms with E-state index in [1.54, 1.807) is 6.20 Å². The second kappa shape index (κ2) is 9.15. The molecule has 5 heteroatoms. The summed E-state index contributed by atoms with van der Waals surface area (Å²) in [7, 11) is 0. The van der Waals surface area contributed by atoms with Crippen LogP contribution in [0.3, 0.4) is 0 Å². The molecular formula is C21H31N3O2. The number of pyridine rings is 1. The number of amides is 2. The third kappa shape index (κ3) is 5.29. The summed E-state index contributed by atoms with van der Waals surface area (Å²) in [6, 6.07) is 2.20. The molecule has 5 nitrogen and oxygen atoms in total. The van der Waals surface area contributed by atoms with Crippen molar-refractivity contribution < 1.29 is 9.59 Å². The largest absolute Gasteiger partial charge is 0.353 e. The maximum Gasteiger partial charge on any atom is 0.223 e. The van der Waals surface area contributed by atoms with Gasteiger partial charge in [0.15, 0.2) is 0 Å². The minimum atomic E-state index is 0.0696. The fourth-order valence-electron chi connectivity index (χ4n) is 4.29. The number of carbonyl (C=O) groups excluding carboxylic acids is 2. The number of carbonyl (C=O) groups is 2. The molecule has 2 aliphatic rings. The summed E-state index contributed by atoms with van der Waals surface area (Å²) in [5.41, 5.74) is 2.21. The lowest BCUT2D eigenvalue weighted by Crippen LogP contribution is -2.41. The number of nitrogens with zero attached hydrogens (tertiary/aromatic N) is 1. The summed E-state index contributed by atoms with van der Waals surface area (Å²) in [5, 5.41) is 6.25. The van der Waals surface area contributed by atoms with E-state index >= 15 is 0 Å². The summed E-state index contributed by atoms with van der Waals surface area (Å²) < 4.78 is 0. The minimum Gasteiger partial charge on any atom is -0.353 e. The maximum absolute atomic E-state index is 12.4. The van der Waals surface area contributed by atoms with Gasteiger partial charge >= 0.3 is 0 Å². The van der Waals surface area contributed by atoms with E-state index in [1.807, 2.05) is 19.2 Å². The molecule has 2 fully saturated rings. The monoisotopic (exact) mass is 357 g/mol. The van der Waals surface area contributed by atoms with Gasteiger partial charge in [-0.05, 0) is 68.6 Å². The highest BCUT2D eigenvalue weighted by Crippen LogP contribution is 2.28. The minimum absolute atomic E-state index is 0.0696. The lowest BCUT2D eigenvalue weighted by Gasteiger charge is -2.28. The molecule has 2 aliphatic carbocycles. The second-order valence-electron chi connectivity index (χ2n) is 7.99. The van der Waals surface area contributed by atoms with E-state index in [0.29, 0.717) is 18.9 Å². The van der Waals surface area contributed by atoms with Crippen LogP contribution in [-0.2, 0) is 16.1 Å². The van der Waals surface area contributed by atoms with Crippen LogP contribution in [0.1, 0.15) is 68.9 Å². The van der Waals surface area contributed by atoms with Gasteiger partial charge in [0.25, 0.3) is 0 Å². The Morgan fingerprint density at radius 2 is 1.85 bits per heavy atom. The van der Waals surface area contributed by atoms with Gasteiger partial charge in [0.2, 0.25) is 11.8 Å². The van der Waals surface area contributed by atoms with Crippen LogP contribution in [0.4, 0.5) is 0 Å². The molecule has 0 aromatic carbocycles. The van der Waals surface area contributed by atoms with Crippen LogP contribution in [0.5, 0.6) is 0 Å². The van der Waals surface area contributed by atoms with Gasteiger partial charge in [-0.25, -0.2) is 0 Å². The van der Waals surface area contributed by atoms with Gasteiger partial charge < -0.3 is 10.6 Å². The standard InChI is InChI=1S/C21H31N3O2/c1-15-13-22-11-10-18(15)14-23-21(26)17-6-8-19(9-7-17)24-20(25)12-16-4-2-3-5-16/h10-11,13,16-17,19H,2-9,12,14H2,1H3,(H,23,26)(H,24,25). The predicted molar refractivity (Wildman–Crippen MR) is 101 cm³/mol. The average molecular weight is 357 g/mol. The normalized spacial score (nSPS) is 23.6. The number of rotatable bonds is 6. The topological polar surface area (TPSA) is 71.1 Å². The SMILES string of the molecule is Cc1cnccc1CNC(=O)C1CCC(NC(=O)CC2CCCC2)CC1. The van der Waals surface area contributed by atoms with E-state index in [2.05, 4.69) is 15.6 Å². The molecule has 26 heavy (non-hydrogen) atoms. The van der Waals surface area contributed by atoms with Gasteiger partial charge in [-0.2, -0.15) is 0 Å². The van der Waals surface area contributed by atoms with Gasteiger partial charge in [-0.1, -0.05) is 12.8 Å². The highest BCUT2D eigenvalue weighted by Gasteiger charge is 2.27. The number of aryl methyl sites for hydroxylation is 1. The van der Waals surface area contributed by atoms with Crippen molar-refractivity contribution in [3.63, 3.8) is 0 Å². The zero-order valence-corrected chi connectivity index (χ0v) is 15.8. The molecule has 0 aliphatic heterocycles. The van der Waals surface area contributed by atoms with Gasteiger partial charge in [0.1, 0.15) is 0 Å². The van der Waals surface area contributed by atoms with Crippen LogP contribution in [0.25, 0.3) is 0 Å². The van der Waals surface area contributed by atoms with E-state index in [0.717, 1.165) is 36.8 Å². The zero-order valence-electron chi connectivity index (χ0n) is 15.8. The van der Waals surface area contributed by atoms with Crippen LogP contribution in [0.2, 0.25) is 0 Å². The highest BCUT2D eigenvalue weighted by atomic mass is 16.2. The first-order chi connectivity index (χ1) is 12.6. The molecule has 0 atom stereocenters. The van der Waals surface area contributed by atoms with E-state index in [9.17, 15) is 9.59 Å². The summed E-state index contributed by atoms with van der Waals surface area (Å²) in [6.45, 7) is 2.57. The lowest BCUT2D eigenvalue weighted by atomic mass is 9.85. The third-order valence-electron chi connectivity index (χ3n) is 6.00. The summed E-state index contributed by atoms with van der Waals surface area (Å²) in [5.74, 6) is 1.00.